The van der Waals surface area contributed by atoms with Crippen LogP contribution in [0.3, 0.4) is 0 Å². The van der Waals surface area contributed by atoms with E-state index in [9.17, 15) is 18.8 Å². The normalized spacial score (nSPS) is 28.2. The standard InChI is InChI=1S/C36H50FNO6/c1-4-5-18-43-36(41)33-21-28-19-24(6-15-32(28)44-33)20-31(39)34-30(26-11-13-29(42-3)14-12-26)16-17-38(34)35(40)27-9-7-25(8-10-27)23(2)22-37/h6,15,19,21,23,25-27,29-30,34H,4-5,7-14,16-18,20,22H2,1-3H3/t23-,25?,26?,27?,29?,30+,34+/m1/s1. The molecule has 0 N–H and O–H groups in total. The van der Waals surface area contributed by atoms with Gasteiger partial charge < -0.3 is 18.8 Å². The highest BCUT2D eigenvalue weighted by atomic mass is 19.1. The molecule has 3 fully saturated rings. The van der Waals surface area contributed by atoms with E-state index < -0.39 is 12.0 Å². The third-order valence-corrected chi connectivity index (χ3v) is 10.8. The quantitative estimate of drug-likeness (QED) is 0.184. The largest absolute Gasteiger partial charge is 0.460 e. The maximum Gasteiger partial charge on any atom is 0.374 e. The molecule has 1 aromatic heterocycles. The van der Waals surface area contributed by atoms with Crippen molar-refractivity contribution in [2.24, 2.45) is 29.6 Å². The second-order valence-corrected chi connectivity index (χ2v) is 13.6. The summed E-state index contributed by atoms with van der Waals surface area (Å²) in [5.74, 6) is 0.696. The molecule has 0 radical (unpaired) electrons. The zero-order chi connectivity index (χ0) is 31.2. The first-order valence-corrected chi connectivity index (χ1v) is 16.9. The van der Waals surface area contributed by atoms with Crippen molar-refractivity contribution in [3.8, 4) is 0 Å². The summed E-state index contributed by atoms with van der Waals surface area (Å²) in [4.78, 5) is 42.5. The van der Waals surface area contributed by atoms with Gasteiger partial charge in [0.05, 0.1) is 25.4 Å². The SMILES string of the molecule is CCCCOC(=O)c1cc2cc(CC(=O)[C@@H]3[C@H](C4CCC(OC)CC4)CCN3C(=O)C3CCC([C@H](C)CF)CC3)ccc2o1. The Kier molecular flexibility index (Phi) is 11.2. The van der Waals surface area contributed by atoms with E-state index in [1.807, 2.05) is 30.9 Å². The third-order valence-electron chi connectivity index (χ3n) is 10.8. The van der Waals surface area contributed by atoms with Crippen LogP contribution in [0.5, 0.6) is 0 Å². The van der Waals surface area contributed by atoms with Crippen molar-refractivity contribution in [3.63, 3.8) is 0 Å². The zero-order valence-electron chi connectivity index (χ0n) is 26.7. The molecule has 0 unspecified atom stereocenters. The molecule has 0 spiro atoms. The van der Waals surface area contributed by atoms with Crippen LogP contribution in [0.25, 0.3) is 11.0 Å². The van der Waals surface area contributed by atoms with Gasteiger partial charge in [0.1, 0.15) is 5.58 Å². The van der Waals surface area contributed by atoms with Gasteiger partial charge in [-0.15, -0.1) is 0 Å². The molecule has 44 heavy (non-hydrogen) atoms. The number of carbonyl (C=O) groups is 3. The molecule has 2 heterocycles. The van der Waals surface area contributed by atoms with E-state index in [1.54, 1.807) is 19.2 Å². The Balaban J connectivity index is 1.31. The number of alkyl halides is 1. The molecule has 1 aliphatic heterocycles. The number of esters is 1. The number of nitrogens with zero attached hydrogens (tertiary/aromatic N) is 1. The van der Waals surface area contributed by atoms with Crippen molar-refractivity contribution < 1.29 is 32.7 Å². The minimum Gasteiger partial charge on any atom is -0.460 e. The predicted molar refractivity (Wildman–Crippen MR) is 167 cm³/mol. The fourth-order valence-corrected chi connectivity index (χ4v) is 8.01. The highest BCUT2D eigenvalue weighted by Gasteiger charge is 2.47. The molecule has 2 aliphatic carbocycles. The summed E-state index contributed by atoms with van der Waals surface area (Å²) < 4.78 is 29.9. The van der Waals surface area contributed by atoms with Crippen molar-refractivity contribution in [1.29, 1.82) is 0 Å². The van der Waals surface area contributed by atoms with Gasteiger partial charge in [-0.2, -0.15) is 0 Å². The molecule has 0 bridgehead atoms. The Morgan fingerprint density at radius 3 is 2.45 bits per heavy atom. The van der Waals surface area contributed by atoms with Crippen LogP contribution in [-0.4, -0.2) is 61.6 Å². The van der Waals surface area contributed by atoms with E-state index in [2.05, 4.69) is 0 Å². The van der Waals surface area contributed by atoms with Crippen LogP contribution in [0.15, 0.2) is 28.7 Å². The van der Waals surface area contributed by atoms with Gasteiger partial charge in [0.2, 0.25) is 11.7 Å². The number of ether oxygens (including phenoxy) is 2. The van der Waals surface area contributed by atoms with E-state index >= 15 is 0 Å². The first kappa shape index (κ1) is 32.6. The Morgan fingerprint density at radius 2 is 1.77 bits per heavy atom. The summed E-state index contributed by atoms with van der Waals surface area (Å²) in [7, 11) is 1.77. The number of carbonyl (C=O) groups excluding carboxylic acids is 3. The number of Topliss-reactive ketones (excluding diaryl/α,β-unsaturated/α-hetero) is 1. The second-order valence-electron chi connectivity index (χ2n) is 13.6. The highest BCUT2D eigenvalue weighted by Crippen LogP contribution is 2.42. The van der Waals surface area contributed by atoms with Gasteiger partial charge in [0, 0.05) is 31.4 Å². The van der Waals surface area contributed by atoms with Crippen molar-refractivity contribution in [3.05, 3.63) is 35.6 Å². The Hall–Kier alpha value is -2.74. The number of unbranched alkanes of at least 4 members (excludes halogenated alkanes) is 1. The van der Waals surface area contributed by atoms with Crippen molar-refractivity contribution >= 4 is 28.6 Å². The van der Waals surface area contributed by atoms with Gasteiger partial charge in [-0.05, 0) is 112 Å². The highest BCUT2D eigenvalue weighted by molar-refractivity contribution is 5.94. The van der Waals surface area contributed by atoms with Gasteiger partial charge in [0.15, 0.2) is 5.78 Å². The average Bonchev–Trinajstić information content (AvgIpc) is 3.69. The number of halogens is 1. The molecule has 1 saturated heterocycles. The molecule has 8 heteroatoms. The lowest BCUT2D eigenvalue weighted by Gasteiger charge is -2.37. The number of benzene rings is 1. The predicted octanol–water partition coefficient (Wildman–Crippen LogP) is 7.34. The number of amides is 1. The van der Waals surface area contributed by atoms with Gasteiger partial charge in [0.25, 0.3) is 0 Å². The van der Waals surface area contributed by atoms with Gasteiger partial charge in [-0.3, -0.25) is 14.0 Å². The first-order chi connectivity index (χ1) is 21.3. The van der Waals surface area contributed by atoms with Crippen molar-refractivity contribution in [2.45, 2.75) is 103 Å². The number of fused-ring (bicyclic) bond motifs is 1. The smallest absolute Gasteiger partial charge is 0.374 e. The fraction of sp³-hybridized carbons (Fsp3) is 0.694. The molecule has 5 rings (SSSR count). The van der Waals surface area contributed by atoms with Gasteiger partial charge in [-0.1, -0.05) is 26.3 Å². The third kappa shape index (κ3) is 7.38. The summed E-state index contributed by atoms with van der Waals surface area (Å²) in [6, 6.07) is 6.84. The number of methoxy groups -OCH3 is 1. The molecule has 1 amide bonds. The molecular formula is C36H50FNO6. The molecule has 3 aliphatic rings. The van der Waals surface area contributed by atoms with Crippen LogP contribution < -0.4 is 0 Å². The number of hydrogen-bond donors (Lipinski definition) is 0. The lowest BCUT2D eigenvalue weighted by atomic mass is 9.74. The Bertz CT molecular complexity index is 1270. The molecular weight excluding hydrogens is 561 g/mol. The van der Waals surface area contributed by atoms with Gasteiger partial charge in [-0.25, -0.2) is 4.79 Å². The van der Waals surface area contributed by atoms with Crippen LogP contribution in [0.4, 0.5) is 4.39 Å². The lowest BCUT2D eigenvalue weighted by Crippen LogP contribution is -2.48. The van der Waals surface area contributed by atoms with Crippen LogP contribution in [0, 0.1) is 29.6 Å². The van der Waals surface area contributed by atoms with Crippen LogP contribution in [0.1, 0.15) is 101 Å². The van der Waals surface area contributed by atoms with E-state index in [4.69, 9.17) is 13.9 Å². The first-order valence-electron chi connectivity index (χ1n) is 16.9. The number of furan rings is 1. The maximum atomic E-state index is 14.2. The van der Waals surface area contributed by atoms with Crippen LogP contribution in [-0.2, 0) is 25.5 Å². The van der Waals surface area contributed by atoms with E-state index in [-0.39, 0.29) is 54.4 Å². The lowest BCUT2D eigenvalue weighted by molar-refractivity contribution is -0.143. The summed E-state index contributed by atoms with van der Waals surface area (Å²) >= 11 is 0. The van der Waals surface area contributed by atoms with Crippen molar-refractivity contribution in [2.75, 3.05) is 26.9 Å². The fourth-order valence-electron chi connectivity index (χ4n) is 8.01. The van der Waals surface area contributed by atoms with Crippen molar-refractivity contribution in [1.82, 2.24) is 4.90 Å². The molecule has 1 aromatic carbocycles. The summed E-state index contributed by atoms with van der Waals surface area (Å²) in [6.45, 7) is 4.66. The molecule has 242 valence electrons. The van der Waals surface area contributed by atoms with E-state index in [1.165, 1.54) is 0 Å². The minimum atomic E-state index is -0.480. The monoisotopic (exact) mass is 611 g/mol. The molecule has 3 atom stereocenters. The number of rotatable bonds is 12. The molecule has 2 saturated carbocycles. The molecule has 2 aromatic rings. The van der Waals surface area contributed by atoms with E-state index in [0.717, 1.165) is 81.6 Å². The zero-order valence-corrected chi connectivity index (χ0v) is 26.7. The van der Waals surface area contributed by atoms with Crippen LogP contribution in [0.2, 0.25) is 0 Å². The summed E-state index contributed by atoms with van der Waals surface area (Å²) in [5, 5.41) is 0.755. The van der Waals surface area contributed by atoms with Crippen LogP contribution >= 0.6 is 0 Å². The summed E-state index contributed by atoms with van der Waals surface area (Å²) in [6.07, 6.45) is 10.4. The second kappa shape index (κ2) is 15.0. The number of likely N-dealkylation sites (tertiary alicyclic amines) is 1. The van der Waals surface area contributed by atoms with Gasteiger partial charge >= 0.3 is 5.97 Å². The van der Waals surface area contributed by atoms with E-state index in [0.29, 0.717) is 30.6 Å². The Morgan fingerprint density at radius 1 is 1.02 bits per heavy atom. The maximum absolute atomic E-state index is 14.2. The number of ketones is 1. The minimum absolute atomic E-state index is 0.0362. The molecule has 7 nitrogen and oxygen atoms in total. The average molecular weight is 612 g/mol. The number of hydrogen-bond acceptors (Lipinski definition) is 6. The topological polar surface area (TPSA) is 86.1 Å². The Labute approximate surface area is 261 Å². The summed E-state index contributed by atoms with van der Waals surface area (Å²) in [5.41, 5.74) is 1.42.